The molecule has 2 unspecified atom stereocenters. The lowest BCUT2D eigenvalue weighted by molar-refractivity contribution is -0.116. The second-order valence-electron chi connectivity index (χ2n) is 8.44. The zero-order valence-corrected chi connectivity index (χ0v) is 18.7. The van der Waals surface area contributed by atoms with Gasteiger partial charge in [0.25, 0.3) is 0 Å². The van der Waals surface area contributed by atoms with Gasteiger partial charge in [0.15, 0.2) is 0 Å². The van der Waals surface area contributed by atoms with E-state index in [1.165, 1.54) is 0 Å². The first kappa shape index (κ1) is 21.0. The maximum Gasteiger partial charge on any atom is 0.225 e. The quantitative estimate of drug-likeness (QED) is 0.490. The van der Waals surface area contributed by atoms with Gasteiger partial charge in [-0.05, 0) is 40.5 Å². The van der Waals surface area contributed by atoms with Crippen LogP contribution in [-0.2, 0) is 17.4 Å². The second kappa shape index (κ2) is 8.22. The Hall–Kier alpha value is -3.90. The molecule has 0 saturated carbocycles. The van der Waals surface area contributed by atoms with Crippen LogP contribution in [0, 0.1) is 0 Å². The molecule has 4 aromatic rings. The largest absolute Gasteiger partial charge is 0.497 e. The van der Waals surface area contributed by atoms with E-state index in [0.717, 1.165) is 39.4 Å². The fourth-order valence-corrected chi connectivity index (χ4v) is 4.74. The Morgan fingerprint density at radius 3 is 2.45 bits per heavy atom. The van der Waals surface area contributed by atoms with Crippen molar-refractivity contribution in [3.8, 4) is 5.75 Å². The summed E-state index contributed by atoms with van der Waals surface area (Å²) >= 11 is 0. The van der Waals surface area contributed by atoms with Gasteiger partial charge in [0, 0.05) is 25.1 Å². The van der Waals surface area contributed by atoms with Gasteiger partial charge in [-0.1, -0.05) is 54.6 Å². The summed E-state index contributed by atoms with van der Waals surface area (Å²) in [4.78, 5) is 16.8. The van der Waals surface area contributed by atoms with Gasteiger partial charge < -0.3 is 20.4 Å². The maximum absolute atomic E-state index is 12.4. The first-order valence-corrected chi connectivity index (χ1v) is 10.9. The standard InChI is InChI=1S/C27H26N4O2/c1-31-17-29-16-25(31)27(28,19-8-11-21(33-2)12-9-19)20-10-13-24-23(14-20)22(15-26(32)30-24)18-6-4-3-5-7-18/h3-14,16-17,22H,15,28H2,1-2H3,(H,30,32). The minimum Gasteiger partial charge on any atom is -0.497 e. The van der Waals surface area contributed by atoms with Crippen molar-refractivity contribution in [2.45, 2.75) is 17.9 Å². The molecule has 1 aliphatic heterocycles. The Morgan fingerprint density at radius 2 is 1.79 bits per heavy atom. The van der Waals surface area contributed by atoms with Crippen LogP contribution in [-0.4, -0.2) is 22.6 Å². The number of benzene rings is 3. The van der Waals surface area contributed by atoms with E-state index in [-0.39, 0.29) is 11.8 Å². The van der Waals surface area contributed by atoms with Gasteiger partial charge in [0.1, 0.15) is 11.3 Å². The molecule has 0 aliphatic carbocycles. The van der Waals surface area contributed by atoms with Crippen LogP contribution in [0.2, 0.25) is 0 Å². The number of nitrogens with zero attached hydrogens (tertiary/aromatic N) is 2. The number of aryl methyl sites for hydroxylation is 1. The molecule has 0 spiro atoms. The fourth-order valence-electron chi connectivity index (χ4n) is 4.74. The van der Waals surface area contributed by atoms with Gasteiger partial charge in [0.05, 0.1) is 25.3 Å². The lowest BCUT2D eigenvalue weighted by atomic mass is 9.77. The highest BCUT2D eigenvalue weighted by Gasteiger charge is 2.36. The van der Waals surface area contributed by atoms with Gasteiger partial charge in [0.2, 0.25) is 5.91 Å². The van der Waals surface area contributed by atoms with Crippen LogP contribution < -0.4 is 15.8 Å². The van der Waals surface area contributed by atoms with Crippen molar-refractivity contribution in [1.29, 1.82) is 0 Å². The number of carbonyl (C=O) groups is 1. The van der Waals surface area contributed by atoms with Crippen molar-refractivity contribution in [2.75, 3.05) is 12.4 Å². The highest BCUT2D eigenvalue weighted by molar-refractivity contribution is 5.95. The average Bonchev–Trinajstić information content (AvgIpc) is 3.29. The molecule has 5 rings (SSSR count). The Kier molecular flexibility index (Phi) is 5.23. The van der Waals surface area contributed by atoms with Crippen molar-refractivity contribution in [1.82, 2.24) is 9.55 Å². The molecule has 0 bridgehead atoms. The molecule has 1 amide bonds. The van der Waals surface area contributed by atoms with Crippen LogP contribution in [0.15, 0.2) is 85.3 Å². The van der Waals surface area contributed by atoms with Crippen LogP contribution in [0.5, 0.6) is 5.75 Å². The number of aromatic nitrogens is 2. The highest BCUT2D eigenvalue weighted by atomic mass is 16.5. The summed E-state index contributed by atoms with van der Waals surface area (Å²) < 4.78 is 7.30. The Bertz CT molecular complexity index is 1300. The minimum absolute atomic E-state index is 0.0184. The molecule has 1 aromatic heterocycles. The summed E-state index contributed by atoms with van der Waals surface area (Å²) in [6.07, 6.45) is 3.96. The number of ether oxygens (including phenoxy) is 1. The van der Waals surface area contributed by atoms with Crippen LogP contribution in [0.4, 0.5) is 5.69 Å². The van der Waals surface area contributed by atoms with E-state index in [0.29, 0.717) is 6.42 Å². The monoisotopic (exact) mass is 438 g/mol. The smallest absolute Gasteiger partial charge is 0.225 e. The highest BCUT2D eigenvalue weighted by Crippen LogP contribution is 2.41. The summed E-state index contributed by atoms with van der Waals surface area (Å²) in [6.45, 7) is 0. The van der Waals surface area contributed by atoms with Crippen molar-refractivity contribution in [3.05, 3.63) is 113 Å². The predicted octanol–water partition coefficient (Wildman–Crippen LogP) is 4.15. The third-order valence-corrected chi connectivity index (χ3v) is 6.51. The Balaban J connectivity index is 1.70. The molecule has 3 aromatic carbocycles. The summed E-state index contributed by atoms with van der Waals surface area (Å²) in [5.41, 5.74) is 12.0. The van der Waals surface area contributed by atoms with Crippen LogP contribution in [0.25, 0.3) is 0 Å². The first-order valence-electron chi connectivity index (χ1n) is 10.9. The summed E-state index contributed by atoms with van der Waals surface area (Å²) in [5, 5.41) is 3.03. The number of methoxy groups -OCH3 is 1. The minimum atomic E-state index is -0.949. The third-order valence-electron chi connectivity index (χ3n) is 6.51. The van der Waals surface area contributed by atoms with Gasteiger partial charge in [-0.25, -0.2) is 4.98 Å². The normalized spacial score (nSPS) is 17.1. The van der Waals surface area contributed by atoms with Crippen LogP contribution in [0.1, 0.15) is 40.3 Å². The number of rotatable bonds is 5. The first-order chi connectivity index (χ1) is 16.0. The van der Waals surface area contributed by atoms with Crippen LogP contribution >= 0.6 is 0 Å². The molecule has 3 N–H and O–H groups in total. The third kappa shape index (κ3) is 3.58. The average molecular weight is 439 g/mol. The van der Waals surface area contributed by atoms with Crippen molar-refractivity contribution >= 4 is 11.6 Å². The molecule has 6 heteroatoms. The predicted molar refractivity (Wildman–Crippen MR) is 128 cm³/mol. The summed E-state index contributed by atoms with van der Waals surface area (Å²) in [5.74, 6) is 0.745. The molecule has 0 radical (unpaired) electrons. The van der Waals surface area contributed by atoms with Crippen molar-refractivity contribution < 1.29 is 9.53 Å². The number of anilines is 1. The number of fused-ring (bicyclic) bond motifs is 1. The number of carbonyl (C=O) groups excluding carboxylic acids is 1. The lowest BCUT2D eigenvalue weighted by Crippen LogP contribution is -2.41. The topological polar surface area (TPSA) is 82.2 Å². The van der Waals surface area contributed by atoms with E-state index in [9.17, 15) is 4.79 Å². The maximum atomic E-state index is 12.4. The molecule has 1 aliphatic rings. The zero-order chi connectivity index (χ0) is 23.0. The number of nitrogens with two attached hydrogens (primary N) is 1. The molecule has 6 nitrogen and oxygen atoms in total. The molecular formula is C27H26N4O2. The number of imidazole rings is 1. The van der Waals surface area contributed by atoms with Gasteiger partial charge in [-0.15, -0.1) is 0 Å². The van der Waals surface area contributed by atoms with Crippen LogP contribution in [0.3, 0.4) is 0 Å². The molecule has 2 heterocycles. The number of hydrogen-bond acceptors (Lipinski definition) is 4. The molecule has 2 atom stereocenters. The Morgan fingerprint density at radius 1 is 1.06 bits per heavy atom. The van der Waals surface area contributed by atoms with Crippen molar-refractivity contribution in [3.63, 3.8) is 0 Å². The van der Waals surface area contributed by atoms with Gasteiger partial charge in [-0.3, -0.25) is 4.79 Å². The van der Waals surface area contributed by atoms with Gasteiger partial charge in [-0.2, -0.15) is 0 Å². The van der Waals surface area contributed by atoms with Gasteiger partial charge >= 0.3 is 0 Å². The molecule has 166 valence electrons. The fraction of sp³-hybridized carbons (Fsp3) is 0.185. The SMILES string of the molecule is COc1ccc(C(N)(c2ccc3c(c2)C(c2ccccc2)CC(=O)N3)c2cncn2C)cc1. The number of hydrogen-bond donors (Lipinski definition) is 2. The van der Waals surface area contributed by atoms with E-state index < -0.39 is 5.54 Å². The molecule has 0 saturated heterocycles. The number of nitrogens with one attached hydrogen (secondary N) is 1. The van der Waals surface area contributed by atoms with E-state index in [2.05, 4.69) is 28.5 Å². The molecule has 33 heavy (non-hydrogen) atoms. The van der Waals surface area contributed by atoms with E-state index in [1.54, 1.807) is 19.6 Å². The Labute approximate surface area is 193 Å². The summed E-state index contributed by atoms with van der Waals surface area (Å²) in [7, 11) is 3.59. The van der Waals surface area contributed by atoms with Crippen molar-refractivity contribution in [2.24, 2.45) is 12.8 Å². The lowest BCUT2D eigenvalue weighted by Gasteiger charge is -2.34. The number of amides is 1. The van der Waals surface area contributed by atoms with E-state index >= 15 is 0 Å². The zero-order valence-electron chi connectivity index (χ0n) is 18.7. The second-order valence-corrected chi connectivity index (χ2v) is 8.44. The van der Waals surface area contributed by atoms with E-state index in [1.807, 2.05) is 66.2 Å². The van der Waals surface area contributed by atoms with E-state index in [4.69, 9.17) is 10.5 Å². The summed E-state index contributed by atoms with van der Waals surface area (Å²) in [6, 6.07) is 24.0. The molecular weight excluding hydrogens is 412 g/mol. The molecule has 0 fully saturated rings.